The van der Waals surface area contributed by atoms with Crippen molar-refractivity contribution in [3.8, 4) is 0 Å². The number of pyridine rings is 1. The molecule has 0 aliphatic rings. The molecule has 0 saturated carbocycles. The minimum absolute atomic E-state index is 0.0484. The number of nitrogens with zero attached hydrogens (tertiary/aromatic N) is 9. The van der Waals surface area contributed by atoms with Gasteiger partial charge >= 0.3 is 6.18 Å². The van der Waals surface area contributed by atoms with Crippen molar-refractivity contribution >= 4 is 28.0 Å². The summed E-state index contributed by atoms with van der Waals surface area (Å²) in [6, 6.07) is 1.56. The van der Waals surface area contributed by atoms with Gasteiger partial charge in [-0.15, -0.1) is 10.2 Å². The van der Waals surface area contributed by atoms with Crippen molar-refractivity contribution in [1.82, 2.24) is 45.4 Å². The van der Waals surface area contributed by atoms with Crippen molar-refractivity contribution in [1.29, 1.82) is 0 Å². The molecule has 3 heterocycles. The standard InChI is InChI=1S/C13H11F3N10O2S/c1-25-12(20-22-24-25)18-11(27)6-3-4-8(13(14,15)16)17-10(6)7(29-28)5-9-19-23-26(2)21-9/h3-4H,5H2,1-2H3,(H,18,20,24,27). The van der Waals surface area contributed by atoms with Crippen molar-refractivity contribution in [2.75, 3.05) is 5.32 Å². The maximum Gasteiger partial charge on any atom is 0.433 e. The number of rotatable bonds is 5. The number of amides is 1. The van der Waals surface area contributed by atoms with Crippen LogP contribution in [0.1, 0.15) is 27.6 Å². The number of anilines is 1. The van der Waals surface area contributed by atoms with E-state index in [1.54, 1.807) is 0 Å². The SMILES string of the molecule is Cn1nnc(CC(=S=O)c2nc(C(F)(F)F)ccc2C(=O)Nc2nnnn2C)n1. The maximum atomic E-state index is 13.1. The molecule has 16 heteroatoms. The number of aromatic nitrogens is 9. The van der Waals surface area contributed by atoms with Crippen molar-refractivity contribution in [3.63, 3.8) is 0 Å². The van der Waals surface area contributed by atoms with Gasteiger partial charge in [0.05, 0.1) is 40.8 Å². The fourth-order valence-corrected chi connectivity index (χ4v) is 2.63. The molecule has 3 aromatic heterocycles. The molecule has 1 amide bonds. The van der Waals surface area contributed by atoms with E-state index in [2.05, 4.69) is 41.2 Å². The summed E-state index contributed by atoms with van der Waals surface area (Å²) in [6.45, 7) is 0. The van der Waals surface area contributed by atoms with Gasteiger partial charge in [0.2, 0.25) is 5.95 Å². The van der Waals surface area contributed by atoms with Crippen molar-refractivity contribution in [3.05, 3.63) is 34.9 Å². The lowest BCUT2D eigenvalue weighted by molar-refractivity contribution is -0.141. The molecular weight excluding hydrogens is 417 g/mol. The molecule has 0 atom stereocenters. The van der Waals surface area contributed by atoms with Crippen LogP contribution >= 0.6 is 0 Å². The number of hydrogen-bond donors (Lipinski definition) is 1. The summed E-state index contributed by atoms with van der Waals surface area (Å²) in [6.07, 6.45) is -5.04. The maximum absolute atomic E-state index is 13.1. The molecule has 0 aromatic carbocycles. The van der Waals surface area contributed by atoms with E-state index in [1.165, 1.54) is 14.1 Å². The molecule has 3 rings (SSSR count). The lowest BCUT2D eigenvalue weighted by Crippen LogP contribution is -2.23. The fourth-order valence-electron chi connectivity index (χ4n) is 2.21. The number of tetrazole rings is 2. The van der Waals surface area contributed by atoms with Crippen molar-refractivity contribution in [2.45, 2.75) is 12.6 Å². The highest BCUT2D eigenvalue weighted by Gasteiger charge is 2.34. The highest BCUT2D eigenvalue weighted by molar-refractivity contribution is 7.67. The van der Waals surface area contributed by atoms with Gasteiger partial charge in [-0.3, -0.25) is 10.1 Å². The van der Waals surface area contributed by atoms with Crippen LogP contribution in [0, 0.1) is 0 Å². The van der Waals surface area contributed by atoms with E-state index >= 15 is 0 Å². The van der Waals surface area contributed by atoms with Crippen LogP contribution in [-0.2, 0) is 37.9 Å². The zero-order chi connectivity index (χ0) is 21.2. The van der Waals surface area contributed by atoms with E-state index in [0.29, 0.717) is 6.07 Å². The average Bonchev–Trinajstić information content (AvgIpc) is 3.26. The van der Waals surface area contributed by atoms with E-state index in [-0.39, 0.29) is 39.9 Å². The Balaban J connectivity index is 2.04. The topological polar surface area (TPSA) is 146 Å². The summed E-state index contributed by atoms with van der Waals surface area (Å²) in [4.78, 5) is 17.0. The van der Waals surface area contributed by atoms with Crippen LogP contribution in [0.4, 0.5) is 19.1 Å². The molecule has 12 nitrogen and oxygen atoms in total. The van der Waals surface area contributed by atoms with E-state index in [4.69, 9.17) is 0 Å². The van der Waals surface area contributed by atoms with Crippen LogP contribution in [0.15, 0.2) is 12.1 Å². The molecule has 0 spiro atoms. The Morgan fingerprint density at radius 2 is 1.97 bits per heavy atom. The van der Waals surface area contributed by atoms with Crippen molar-refractivity contribution < 1.29 is 22.2 Å². The summed E-state index contributed by atoms with van der Waals surface area (Å²) >= 11 is -0.117. The summed E-state index contributed by atoms with van der Waals surface area (Å²) in [5, 5.41) is 24.0. The third kappa shape index (κ3) is 4.48. The average molecular weight is 428 g/mol. The summed E-state index contributed by atoms with van der Waals surface area (Å²) in [7, 11) is 2.93. The first kappa shape index (κ1) is 20.2. The van der Waals surface area contributed by atoms with Gasteiger partial charge in [0.1, 0.15) is 5.69 Å². The van der Waals surface area contributed by atoms with Gasteiger partial charge in [-0.1, -0.05) is 5.10 Å². The molecule has 0 saturated heterocycles. The van der Waals surface area contributed by atoms with Crippen molar-refractivity contribution in [2.24, 2.45) is 14.1 Å². The monoisotopic (exact) mass is 428 g/mol. The number of carbonyl (C=O) groups is 1. The van der Waals surface area contributed by atoms with Crippen LogP contribution in [0.3, 0.4) is 0 Å². The van der Waals surface area contributed by atoms with Crippen LogP contribution in [0.2, 0.25) is 0 Å². The Hall–Kier alpha value is -3.56. The first-order chi connectivity index (χ1) is 13.7. The zero-order valence-electron chi connectivity index (χ0n) is 14.7. The Bertz CT molecular complexity index is 1120. The fraction of sp³-hybridized carbons (Fsp3) is 0.308. The Morgan fingerprint density at radius 3 is 2.52 bits per heavy atom. The molecule has 3 aromatic rings. The minimum atomic E-state index is -4.78. The Morgan fingerprint density at radius 1 is 1.21 bits per heavy atom. The third-order valence-electron chi connectivity index (χ3n) is 3.51. The zero-order valence-corrected chi connectivity index (χ0v) is 15.6. The molecule has 0 bridgehead atoms. The predicted molar refractivity (Wildman–Crippen MR) is 90.7 cm³/mol. The minimum Gasteiger partial charge on any atom is -0.289 e. The largest absolute Gasteiger partial charge is 0.433 e. The highest BCUT2D eigenvalue weighted by atomic mass is 32.1. The normalized spacial score (nSPS) is 11.3. The first-order valence-corrected chi connectivity index (χ1v) is 8.44. The number of alkyl halides is 3. The Kier molecular flexibility index (Phi) is 5.44. The van der Waals surface area contributed by atoms with Gasteiger partial charge in [-0.25, -0.2) is 13.9 Å². The second kappa shape index (κ2) is 7.82. The molecule has 0 aliphatic carbocycles. The van der Waals surface area contributed by atoms with E-state index in [9.17, 15) is 22.2 Å². The third-order valence-corrected chi connectivity index (χ3v) is 4.05. The summed E-state index contributed by atoms with van der Waals surface area (Å²) in [5.41, 5.74) is -1.98. The smallest absolute Gasteiger partial charge is 0.289 e. The Labute approximate surface area is 163 Å². The number of aryl methyl sites for hydroxylation is 2. The number of carbonyl (C=O) groups excluding carboxylic acids is 1. The van der Waals surface area contributed by atoms with E-state index in [0.717, 1.165) is 15.5 Å². The van der Waals surface area contributed by atoms with Gasteiger partial charge < -0.3 is 0 Å². The molecular formula is C13H11F3N10O2S. The van der Waals surface area contributed by atoms with Gasteiger partial charge in [0, 0.05) is 7.05 Å². The predicted octanol–water partition coefficient (Wildman–Crippen LogP) is -0.624. The van der Waals surface area contributed by atoms with E-state index in [1.807, 2.05) is 0 Å². The van der Waals surface area contributed by atoms with Crippen LogP contribution in [0.25, 0.3) is 0 Å². The molecule has 0 fully saturated rings. The number of halogens is 3. The lowest BCUT2D eigenvalue weighted by Gasteiger charge is -2.12. The molecule has 0 radical (unpaired) electrons. The summed E-state index contributed by atoms with van der Waals surface area (Å²) < 4.78 is 52.2. The summed E-state index contributed by atoms with van der Waals surface area (Å²) in [5.74, 6) is -0.820. The molecule has 29 heavy (non-hydrogen) atoms. The van der Waals surface area contributed by atoms with Crippen LogP contribution < -0.4 is 5.32 Å². The second-order valence-electron chi connectivity index (χ2n) is 5.55. The van der Waals surface area contributed by atoms with Crippen LogP contribution in [0.5, 0.6) is 0 Å². The van der Waals surface area contributed by atoms with Gasteiger partial charge in [-0.05, 0) is 27.8 Å². The second-order valence-corrected chi connectivity index (χ2v) is 6.21. The van der Waals surface area contributed by atoms with Gasteiger partial charge in [-0.2, -0.15) is 18.0 Å². The number of nitrogens with one attached hydrogen (secondary N) is 1. The van der Waals surface area contributed by atoms with Gasteiger partial charge in [0.15, 0.2) is 5.82 Å². The molecule has 0 unspecified atom stereocenters. The van der Waals surface area contributed by atoms with Gasteiger partial charge in [0.25, 0.3) is 5.91 Å². The number of hydrogen-bond acceptors (Lipinski definition) is 9. The van der Waals surface area contributed by atoms with E-state index < -0.39 is 23.5 Å². The molecule has 152 valence electrons. The van der Waals surface area contributed by atoms with Crippen LogP contribution in [-0.4, -0.2) is 60.4 Å². The highest BCUT2D eigenvalue weighted by Crippen LogP contribution is 2.28. The molecule has 0 aliphatic heterocycles. The quantitative estimate of drug-likeness (QED) is 0.415. The lowest BCUT2D eigenvalue weighted by atomic mass is 10.1. The molecule has 1 N–H and O–H groups in total. The first-order valence-electron chi connectivity index (χ1n) is 7.70.